The maximum Gasteiger partial charge on any atom is 0.185 e. The third-order valence-electron chi connectivity index (χ3n) is 2.82. The highest BCUT2D eigenvalue weighted by Gasteiger charge is 2.09. The average molecular weight is 210 g/mol. The van der Waals surface area contributed by atoms with Crippen molar-refractivity contribution < 1.29 is 4.79 Å². The van der Waals surface area contributed by atoms with Crippen molar-refractivity contribution in [3.63, 3.8) is 0 Å². The third kappa shape index (κ3) is 1.65. The Bertz CT molecular complexity index is 547. The second-order valence-electron chi connectivity index (χ2n) is 3.74. The number of benzene rings is 2. The summed E-state index contributed by atoms with van der Waals surface area (Å²) in [6.45, 7) is 5.65. The molecule has 0 N–H and O–H groups in total. The summed E-state index contributed by atoms with van der Waals surface area (Å²) in [5.74, 6) is -0.00787. The van der Waals surface area contributed by atoms with Gasteiger partial charge in [0.2, 0.25) is 0 Å². The van der Waals surface area contributed by atoms with Gasteiger partial charge in [0.1, 0.15) is 0 Å². The van der Waals surface area contributed by atoms with Crippen LogP contribution in [0.1, 0.15) is 22.8 Å². The van der Waals surface area contributed by atoms with Crippen LogP contribution in [0.3, 0.4) is 0 Å². The maximum absolute atomic E-state index is 11.8. The van der Waals surface area contributed by atoms with E-state index in [1.807, 2.05) is 30.3 Å². The Kier molecular flexibility index (Phi) is 2.86. The lowest BCUT2D eigenvalue weighted by Crippen LogP contribution is -1.97. The lowest BCUT2D eigenvalue weighted by atomic mass is 9.96. The summed E-state index contributed by atoms with van der Waals surface area (Å²) < 4.78 is 0. The summed E-state index contributed by atoms with van der Waals surface area (Å²) in [7, 11) is 0. The predicted octanol–water partition coefficient (Wildman–Crippen LogP) is 3.77. The molecular weight excluding hydrogens is 196 g/mol. The lowest BCUT2D eigenvalue weighted by Gasteiger charge is -2.08. The average Bonchev–Trinajstić information content (AvgIpc) is 2.36. The minimum absolute atomic E-state index is 0.00787. The van der Waals surface area contributed by atoms with Crippen molar-refractivity contribution >= 4 is 16.6 Å². The van der Waals surface area contributed by atoms with Gasteiger partial charge in [0, 0.05) is 5.56 Å². The van der Waals surface area contributed by atoms with Gasteiger partial charge in [-0.25, -0.2) is 0 Å². The highest BCUT2D eigenvalue weighted by molar-refractivity contribution is 6.14. The van der Waals surface area contributed by atoms with E-state index in [9.17, 15) is 4.79 Å². The van der Waals surface area contributed by atoms with E-state index >= 15 is 0 Å². The SMILES string of the molecule is C=CC(=O)c1cccc2cccc(CC)c12. The van der Waals surface area contributed by atoms with Gasteiger partial charge in [0.05, 0.1) is 0 Å². The summed E-state index contributed by atoms with van der Waals surface area (Å²) in [5, 5.41) is 2.18. The Labute approximate surface area is 95.4 Å². The van der Waals surface area contributed by atoms with Gasteiger partial charge in [-0.1, -0.05) is 49.9 Å². The molecule has 0 unspecified atom stereocenters. The van der Waals surface area contributed by atoms with Gasteiger partial charge < -0.3 is 0 Å². The molecule has 80 valence electrons. The summed E-state index contributed by atoms with van der Waals surface area (Å²) in [4.78, 5) is 11.8. The monoisotopic (exact) mass is 210 g/mol. The fourth-order valence-corrected chi connectivity index (χ4v) is 2.03. The van der Waals surface area contributed by atoms with Crippen LogP contribution in [-0.2, 0) is 6.42 Å². The molecular formula is C15H14O. The molecule has 0 aliphatic rings. The van der Waals surface area contributed by atoms with Crippen LogP contribution in [0.4, 0.5) is 0 Å². The second kappa shape index (κ2) is 4.31. The fraction of sp³-hybridized carbons (Fsp3) is 0.133. The minimum Gasteiger partial charge on any atom is -0.289 e. The molecule has 0 aromatic heterocycles. The Morgan fingerprint density at radius 2 is 1.94 bits per heavy atom. The number of rotatable bonds is 3. The molecule has 0 amide bonds. The molecule has 0 aliphatic heterocycles. The number of fused-ring (bicyclic) bond motifs is 1. The smallest absolute Gasteiger partial charge is 0.185 e. The van der Waals surface area contributed by atoms with E-state index in [1.165, 1.54) is 11.6 Å². The van der Waals surface area contributed by atoms with Crippen molar-refractivity contribution in [1.82, 2.24) is 0 Å². The van der Waals surface area contributed by atoms with Crippen molar-refractivity contribution in [2.45, 2.75) is 13.3 Å². The van der Waals surface area contributed by atoms with Crippen LogP contribution in [0, 0.1) is 0 Å². The number of hydrogen-bond acceptors (Lipinski definition) is 1. The van der Waals surface area contributed by atoms with Gasteiger partial charge >= 0.3 is 0 Å². The van der Waals surface area contributed by atoms with Gasteiger partial charge in [0.15, 0.2) is 5.78 Å². The first kappa shape index (κ1) is 10.6. The molecule has 0 fully saturated rings. The molecule has 0 aliphatic carbocycles. The molecule has 0 heterocycles. The van der Waals surface area contributed by atoms with E-state index in [-0.39, 0.29) is 5.78 Å². The van der Waals surface area contributed by atoms with Crippen LogP contribution >= 0.6 is 0 Å². The normalized spacial score (nSPS) is 10.3. The largest absolute Gasteiger partial charge is 0.289 e. The Morgan fingerprint density at radius 1 is 1.25 bits per heavy atom. The van der Waals surface area contributed by atoms with E-state index in [0.29, 0.717) is 0 Å². The van der Waals surface area contributed by atoms with Crippen molar-refractivity contribution in [2.75, 3.05) is 0 Å². The topological polar surface area (TPSA) is 17.1 Å². The number of allylic oxidation sites excluding steroid dienone is 1. The van der Waals surface area contributed by atoms with Crippen LogP contribution in [-0.4, -0.2) is 5.78 Å². The zero-order valence-electron chi connectivity index (χ0n) is 9.36. The highest BCUT2D eigenvalue weighted by Crippen LogP contribution is 2.24. The standard InChI is InChI=1S/C15H14O/c1-3-11-7-5-8-12-9-6-10-13(15(11)12)14(16)4-2/h4-10H,2-3H2,1H3. The van der Waals surface area contributed by atoms with Crippen LogP contribution in [0.15, 0.2) is 49.1 Å². The quantitative estimate of drug-likeness (QED) is 0.556. The molecule has 2 aromatic rings. The highest BCUT2D eigenvalue weighted by atomic mass is 16.1. The fourth-order valence-electron chi connectivity index (χ4n) is 2.03. The van der Waals surface area contributed by atoms with Gasteiger partial charge in [-0.2, -0.15) is 0 Å². The lowest BCUT2D eigenvalue weighted by molar-refractivity contribution is 0.104. The molecule has 0 saturated heterocycles. The van der Waals surface area contributed by atoms with Crippen LogP contribution in [0.5, 0.6) is 0 Å². The van der Waals surface area contributed by atoms with E-state index in [1.54, 1.807) is 0 Å². The number of ketones is 1. The van der Waals surface area contributed by atoms with Crippen LogP contribution in [0.2, 0.25) is 0 Å². The zero-order valence-corrected chi connectivity index (χ0v) is 9.36. The first-order valence-corrected chi connectivity index (χ1v) is 5.45. The Morgan fingerprint density at radius 3 is 2.56 bits per heavy atom. The second-order valence-corrected chi connectivity index (χ2v) is 3.74. The van der Waals surface area contributed by atoms with E-state index in [0.717, 1.165) is 22.8 Å². The molecule has 0 bridgehead atoms. The van der Waals surface area contributed by atoms with E-state index in [2.05, 4.69) is 19.6 Å². The molecule has 2 aromatic carbocycles. The zero-order chi connectivity index (χ0) is 11.5. The molecule has 2 rings (SSSR count). The van der Waals surface area contributed by atoms with Crippen LogP contribution in [0.25, 0.3) is 10.8 Å². The maximum atomic E-state index is 11.8. The van der Waals surface area contributed by atoms with Gasteiger partial charge in [-0.3, -0.25) is 4.79 Å². The number of carbonyl (C=O) groups is 1. The summed E-state index contributed by atoms with van der Waals surface area (Å²) in [6, 6.07) is 12.0. The third-order valence-corrected chi connectivity index (χ3v) is 2.82. The van der Waals surface area contributed by atoms with Gasteiger partial charge in [0.25, 0.3) is 0 Å². The molecule has 0 atom stereocenters. The van der Waals surface area contributed by atoms with E-state index < -0.39 is 0 Å². The van der Waals surface area contributed by atoms with Crippen molar-refractivity contribution in [2.24, 2.45) is 0 Å². The Hall–Kier alpha value is -1.89. The molecule has 0 saturated carbocycles. The molecule has 1 nitrogen and oxygen atoms in total. The van der Waals surface area contributed by atoms with Crippen molar-refractivity contribution in [3.8, 4) is 0 Å². The number of aryl methyl sites for hydroxylation is 1. The molecule has 0 radical (unpaired) electrons. The van der Waals surface area contributed by atoms with Crippen molar-refractivity contribution in [1.29, 1.82) is 0 Å². The summed E-state index contributed by atoms with van der Waals surface area (Å²) in [5.41, 5.74) is 1.97. The number of hydrogen-bond donors (Lipinski definition) is 0. The van der Waals surface area contributed by atoms with Crippen molar-refractivity contribution in [3.05, 3.63) is 60.2 Å². The van der Waals surface area contributed by atoms with Crippen LogP contribution < -0.4 is 0 Å². The summed E-state index contributed by atoms with van der Waals surface area (Å²) >= 11 is 0. The minimum atomic E-state index is -0.00787. The Balaban J connectivity index is 2.83. The first-order valence-electron chi connectivity index (χ1n) is 5.45. The van der Waals surface area contributed by atoms with E-state index in [4.69, 9.17) is 0 Å². The van der Waals surface area contributed by atoms with Gasteiger partial charge in [-0.15, -0.1) is 0 Å². The van der Waals surface area contributed by atoms with Gasteiger partial charge in [-0.05, 0) is 28.8 Å². The number of carbonyl (C=O) groups excluding carboxylic acids is 1. The molecule has 16 heavy (non-hydrogen) atoms. The molecule has 0 spiro atoms. The predicted molar refractivity (Wildman–Crippen MR) is 67.9 cm³/mol. The molecule has 1 heteroatoms. The summed E-state index contributed by atoms with van der Waals surface area (Å²) in [6.07, 6.45) is 2.31. The first-order chi connectivity index (χ1) is 7.77.